The molecule has 30 heavy (non-hydrogen) atoms. The smallest absolute Gasteiger partial charge is 0.261 e. The lowest BCUT2D eigenvalue weighted by atomic mass is 10.1. The molecule has 0 aliphatic carbocycles. The zero-order valence-corrected chi connectivity index (χ0v) is 20.6. The zero-order chi connectivity index (χ0) is 22.4. The molecule has 2 aromatic carbocycles. The van der Waals surface area contributed by atoms with Crippen LogP contribution in [0, 0.1) is 0 Å². The van der Waals surface area contributed by atoms with E-state index in [1.165, 1.54) is 4.90 Å². The van der Waals surface area contributed by atoms with Crippen LogP contribution in [0.15, 0.2) is 40.9 Å². The molecule has 0 saturated heterocycles. The Labute approximate surface area is 199 Å². The largest absolute Gasteiger partial charge is 0.482 e. The molecule has 0 aliphatic rings. The molecule has 0 aliphatic heterocycles. The van der Waals surface area contributed by atoms with E-state index in [0.717, 1.165) is 10.0 Å². The van der Waals surface area contributed by atoms with E-state index in [0.29, 0.717) is 20.8 Å². The Morgan fingerprint density at radius 3 is 2.33 bits per heavy atom. The fourth-order valence-corrected chi connectivity index (χ4v) is 3.69. The van der Waals surface area contributed by atoms with Crippen LogP contribution in [0.2, 0.25) is 15.1 Å². The summed E-state index contributed by atoms with van der Waals surface area (Å²) < 4.78 is 6.40. The first-order chi connectivity index (χ1) is 14.1. The number of hydrogen-bond acceptors (Lipinski definition) is 3. The molecule has 1 atom stereocenters. The van der Waals surface area contributed by atoms with Crippen LogP contribution in [0.1, 0.15) is 26.3 Å². The number of carbonyl (C=O) groups is 2. The summed E-state index contributed by atoms with van der Waals surface area (Å²) in [5, 5.41) is 3.99. The van der Waals surface area contributed by atoms with Gasteiger partial charge in [0, 0.05) is 17.1 Å². The van der Waals surface area contributed by atoms with Crippen molar-refractivity contribution in [1.29, 1.82) is 0 Å². The third-order valence-electron chi connectivity index (χ3n) is 4.18. The van der Waals surface area contributed by atoms with Gasteiger partial charge in [-0.2, -0.15) is 0 Å². The normalized spacial score (nSPS) is 11.9. The quantitative estimate of drug-likeness (QED) is 0.469. The summed E-state index contributed by atoms with van der Waals surface area (Å²) in [5.74, 6) is -0.256. The van der Waals surface area contributed by atoms with Gasteiger partial charge in [0.2, 0.25) is 5.91 Å². The Balaban J connectivity index is 2.20. The summed E-state index contributed by atoms with van der Waals surface area (Å²) in [6.07, 6.45) is 0. The van der Waals surface area contributed by atoms with E-state index in [-0.39, 0.29) is 31.0 Å². The minimum atomic E-state index is -0.724. The summed E-state index contributed by atoms with van der Waals surface area (Å²) in [5.41, 5.74) is 0.739. The Morgan fingerprint density at radius 1 is 1.03 bits per heavy atom. The number of amides is 2. The molecule has 0 spiro atoms. The fourth-order valence-electron chi connectivity index (χ4n) is 2.64. The van der Waals surface area contributed by atoms with Crippen LogP contribution in [0.5, 0.6) is 5.75 Å². The van der Waals surface area contributed by atoms with Gasteiger partial charge in [0.05, 0.1) is 15.1 Å². The van der Waals surface area contributed by atoms with Gasteiger partial charge in [-0.3, -0.25) is 9.59 Å². The second kappa shape index (κ2) is 11.2. The van der Waals surface area contributed by atoms with Gasteiger partial charge < -0.3 is 15.0 Å². The van der Waals surface area contributed by atoms with Crippen molar-refractivity contribution in [2.45, 2.75) is 39.4 Å². The maximum Gasteiger partial charge on any atom is 0.261 e. The molecule has 0 unspecified atom stereocenters. The molecule has 2 amide bonds. The van der Waals surface area contributed by atoms with Crippen LogP contribution >= 0.6 is 50.7 Å². The topological polar surface area (TPSA) is 58.6 Å². The van der Waals surface area contributed by atoms with Gasteiger partial charge >= 0.3 is 0 Å². The summed E-state index contributed by atoms with van der Waals surface area (Å²) in [6, 6.07) is 9.40. The molecular weight excluding hydrogens is 515 g/mol. The van der Waals surface area contributed by atoms with Crippen molar-refractivity contribution in [3.05, 3.63) is 61.5 Å². The Morgan fingerprint density at radius 2 is 1.73 bits per heavy atom. The number of benzene rings is 2. The molecule has 0 bridgehead atoms. The number of halogens is 4. The van der Waals surface area contributed by atoms with E-state index in [1.807, 2.05) is 13.8 Å². The summed E-state index contributed by atoms with van der Waals surface area (Å²) in [4.78, 5) is 27.0. The van der Waals surface area contributed by atoms with Gasteiger partial charge in [-0.1, -0.05) is 56.8 Å². The molecular formula is C21H22BrCl3N2O3. The summed E-state index contributed by atoms with van der Waals surface area (Å²) in [6.45, 7) is 5.27. The van der Waals surface area contributed by atoms with Crippen molar-refractivity contribution in [2.75, 3.05) is 6.61 Å². The van der Waals surface area contributed by atoms with Gasteiger partial charge in [0.25, 0.3) is 5.91 Å². The number of rotatable bonds is 8. The minimum absolute atomic E-state index is 0.0558. The van der Waals surface area contributed by atoms with E-state index < -0.39 is 6.04 Å². The number of ether oxygens (including phenoxy) is 1. The number of nitrogens with zero attached hydrogens (tertiary/aromatic N) is 1. The van der Waals surface area contributed by atoms with Crippen molar-refractivity contribution in [2.24, 2.45) is 0 Å². The second-order valence-electron chi connectivity index (χ2n) is 6.97. The SMILES string of the molecule is CC(C)NC(=O)[C@@H](C)N(Cc1ccc(Cl)c(Cl)c1)C(=O)COc1ccc(Br)cc1Cl. The van der Waals surface area contributed by atoms with Crippen LogP contribution in [0.3, 0.4) is 0 Å². The van der Waals surface area contributed by atoms with Crippen LogP contribution < -0.4 is 10.1 Å². The van der Waals surface area contributed by atoms with Gasteiger partial charge in [0.1, 0.15) is 11.8 Å². The lowest BCUT2D eigenvalue weighted by molar-refractivity contribution is -0.142. The molecule has 2 aromatic rings. The van der Waals surface area contributed by atoms with Gasteiger partial charge in [-0.15, -0.1) is 0 Å². The predicted octanol–water partition coefficient (Wildman–Crippen LogP) is 5.73. The Kier molecular flexibility index (Phi) is 9.29. The van der Waals surface area contributed by atoms with Gasteiger partial charge in [-0.25, -0.2) is 0 Å². The van der Waals surface area contributed by atoms with E-state index in [4.69, 9.17) is 39.5 Å². The molecule has 5 nitrogen and oxygen atoms in total. The van der Waals surface area contributed by atoms with Crippen molar-refractivity contribution in [3.63, 3.8) is 0 Å². The van der Waals surface area contributed by atoms with Crippen LogP contribution in [0.4, 0.5) is 0 Å². The standard InChI is InChI=1S/C21H22BrCl3N2O3/c1-12(2)26-21(29)13(3)27(10-14-4-6-16(23)17(24)8-14)20(28)11-30-19-7-5-15(22)9-18(19)25/h4-9,12-13H,10-11H2,1-3H3,(H,26,29)/t13-/m1/s1. The van der Waals surface area contributed by atoms with Crippen molar-refractivity contribution < 1.29 is 14.3 Å². The number of nitrogens with one attached hydrogen (secondary N) is 1. The van der Waals surface area contributed by atoms with E-state index in [1.54, 1.807) is 43.3 Å². The molecule has 0 fully saturated rings. The Hall–Kier alpha value is -1.47. The van der Waals surface area contributed by atoms with Crippen molar-refractivity contribution >= 4 is 62.5 Å². The number of hydrogen-bond donors (Lipinski definition) is 1. The monoisotopic (exact) mass is 534 g/mol. The average Bonchev–Trinajstić information content (AvgIpc) is 2.66. The molecule has 162 valence electrons. The van der Waals surface area contributed by atoms with E-state index in [2.05, 4.69) is 21.2 Å². The highest BCUT2D eigenvalue weighted by Crippen LogP contribution is 2.28. The first-order valence-electron chi connectivity index (χ1n) is 9.20. The molecule has 9 heteroatoms. The van der Waals surface area contributed by atoms with Crippen LogP contribution in [0.25, 0.3) is 0 Å². The number of carbonyl (C=O) groups excluding carboxylic acids is 2. The third kappa shape index (κ3) is 7.05. The van der Waals surface area contributed by atoms with Crippen LogP contribution in [-0.4, -0.2) is 35.4 Å². The highest BCUT2D eigenvalue weighted by Gasteiger charge is 2.27. The highest BCUT2D eigenvalue weighted by molar-refractivity contribution is 9.10. The van der Waals surface area contributed by atoms with E-state index in [9.17, 15) is 9.59 Å². The fraction of sp³-hybridized carbons (Fsp3) is 0.333. The minimum Gasteiger partial charge on any atom is -0.482 e. The lowest BCUT2D eigenvalue weighted by Crippen LogP contribution is -2.50. The molecule has 2 rings (SSSR count). The van der Waals surface area contributed by atoms with Gasteiger partial charge in [0.15, 0.2) is 6.61 Å². The molecule has 0 saturated carbocycles. The summed E-state index contributed by atoms with van der Waals surface area (Å²) in [7, 11) is 0. The molecule has 0 aromatic heterocycles. The highest BCUT2D eigenvalue weighted by atomic mass is 79.9. The zero-order valence-electron chi connectivity index (χ0n) is 16.7. The molecule has 0 heterocycles. The van der Waals surface area contributed by atoms with E-state index >= 15 is 0 Å². The Bertz CT molecular complexity index is 924. The van der Waals surface area contributed by atoms with Crippen molar-refractivity contribution in [1.82, 2.24) is 10.2 Å². The maximum absolute atomic E-state index is 13.0. The van der Waals surface area contributed by atoms with Crippen LogP contribution in [-0.2, 0) is 16.1 Å². The first-order valence-corrected chi connectivity index (χ1v) is 11.1. The molecule has 1 N–H and O–H groups in total. The second-order valence-corrected chi connectivity index (χ2v) is 9.11. The van der Waals surface area contributed by atoms with Crippen molar-refractivity contribution in [3.8, 4) is 5.75 Å². The third-order valence-corrected chi connectivity index (χ3v) is 5.71. The predicted molar refractivity (Wildman–Crippen MR) is 124 cm³/mol. The lowest BCUT2D eigenvalue weighted by Gasteiger charge is -2.29. The first kappa shape index (κ1) is 24.8. The summed E-state index contributed by atoms with van der Waals surface area (Å²) >= 11 is 21.6. The average molecular weight is 537 g/mol. The molecule has 0 radical (unpaired) electrons. The maximum atomic E-state index is 13.0. The van der Waals surface area contributed by atoms with Gasteiger partial charge in [-0.05, 0) is 56.7 Å².